The van der Waals surface area contributed by atoms with Gasteiger partial charge in [-0.05, 0) is 29.7 Å². The van der Waals surface area contributed by atoms with Crippen LogP contribution in [0.4, 0.5) is 8.78 Å². The van der Waals surface area contributed by atoms with Gasteiger partial charge in [-0.3, -0.25) is 4.99 Å². The lowest BCUT2D eigenvalue weighted by Gasteiger charge is -2.16. The first-order valence-corrected chi connectivity index (χ1v) is 7.53. The molecule has 0 aliphatic carbocycles. The summed E-state index contributed by atoms with van der Waals surface area (Å²) >= 11 is 0. The zero-order valence-corrected chi connectivity index (χ0v) is 16.1. The van der Waals surface area contributed by atoms with Crippen molar-refractivity contribution in [1.82, 2.24) is 10.6 Å². The summed E-state index contributed by atoms with van der Waals surface area (Å²) in [5.41, 5.74) is 1.50. The lowest BCUT2D eigenvalue weighted by Crippen LogP contribution is -2.38. The van der Waals surface area contributed by atoms with Crippen LogP contribution in [0.5, 0.6) is 0 Å². The normalized spacial score (nSPS) is 12.2. The molecule has 0 aliphatic heterocycles. The molecule has 2 aromatic rings. The molecule has 0 spiro atoms. The minimum atomic E-state index is -0.455. The zero-order chi connectivity index (χ0) is 16.7. The predicted octanol–water partition coefficient (Wildman–Crippen LogP) is 4.05. The summed E-state index contributed by atoms with van der Waals surface area (Å²) in [7, 11) is 1.64. The zero-order valence-electron chi connectivity index (χ0n) is 13.7. The Labute approximate surface area is 158 Å². The van der Waals surface area contributed by atoms with Crippen LogP contribution < -0.4 is 10.6 Å². The molecule has 2 aromatic carbocycles. The molecule has 0 saturated heterocycles. The lowest BCUT2D eigenvalue weighted by atomic mass is 10.0. The van der Waals surface area contributed by atoms with E-state index in [2.05, 4.69) is 34.7 Å². The fourth-order valence-electron chi connectivity index (χ4n) is 2.23. The highest BCUT2D eigenvalue weighted by Crippen LogP contribution is 2.13. The highest BCUT2D eigenvalue weighted by molar-refractivity contribution is 14.0. The Morgan fingerprint density at radius 2 is 1.79 bits per heavy atom. The summed E-state index contributed by atoms with van der Waals surface area (Å²) < 4.78 is 26.7. The van der Waals surface area contributed by atoms with Crippen molar-refractivity contribution in [3.05, 3.63) is 71.3 Å². The van der Waals surface area contributed by atoms with Crippen LogP contribution in [-0.4, -0.2) is 19.6 Å². The highest BCUT2D eigenvalue weighted by atomic mass is 127. The van der Waals surface area contributed by atoms with Gasteiger partial charge < -0.3 is 10.6 Å². The summed E-state index contributed by atoms with van der Waals surface area (Å²) in [4.78, 5) is 4.10. The average molecular weight is 445 g/mol. The molecule has 2 rings (SSSR count). The van der Waals surface area contributed by atoms with Crippen LogP contribution in [0.3, 0.4) is 0 Å². The van der Waals surface area contributed by atoms with E-state index in [-0.39, 0.29) is 36.1 Å². The second-order valence-corrected chi connectivity index (χ2v) is 5.35. The maximum atomic E-state index is 13.6. The third-order valence-electron chi connectivity index (χ3n) is 3.62. The molecule has 0 radical (unpaired) electrons. The van der Waals surface area contributed by atoms with Crippen LogP contribution in [0.15, 0.2) is 53.5 Å². The molecule has 1 unspecified atom stereocenters. The minimum Gasteiger partial charge on any atom is -0.356 e. The summed E-state index contributed by atoms with van der Waals surface area (Å²) in [6, 6.07) is 13.6. The third kappa shape index (κ3) is 6.07. The van der Waals surface area contributed by atoms with Crippen LogP contribution in [0.1, 0.15) is 24.0 Å². The largest absolute Gasteiger partial charge is 0.356 e. The molecular formula is C18H22F2IN3. The fourth-order valence-corrected chi connectivity index (χ4v) is 2.23. The van der Waals surface area contributed by atoms with Crippen molar-refractivity contribution in [3.8, 4) is 0 Å². The summed E-state index contributed by atoms with van der Waals surface area (Å²) in [6.07, 6.45) is 0. The first kappa shape index (κ1) is 20.3. The number of rotatable bonds is 5. The molecule has 1 atom stereocenters. The van der Waals surface area contributed by atoms with Crippen molar-refractivity contribution >= 4 is 29.9 Å². The molecule has 0 heterocycles. The number of hydrogen-bond acceptors (Lipinski definition) is 1. The first-order valence-electron chi connectivity index (χ1n) is 7.53. The van der Waals surface area contributed by atoms with Crippen LogP contribution >= 0.6 is 24.0 Å². The molecule has 24 heavy (non-hydrogen) atoms. The summed E-state index contributed by atoms with van der Waals surface area (Å²) in [5.74, 6) is -0.0343. The molecule has 0 saturated carbocycles. The van der Waals surface area contributed by atoms with Gasteiger partial charge in [0.15, 0.2) is 5.96 Å². The van der Waals surface area contributed by atoms with Crippen LogP contribution in [0.25, 0.3) is 0 Å². The van der Waals surface area contributed by atoms with Gasteiger partial charge >= 0.3 is 0 Å². The van der Waals surface area contributed by atoms with Crippen molar-refractivity contribution in [2.75, 3.05) is 13.6 Å². The van der Waals surface area contributed by atoms with E-state index in [0.717, 1.165) is 12.1 Å². The van der Waals surface area contributed by atoms with Crippen LogP contribution in [0.2, 0.25) is 0 Å². The number of nitrogens with one attached hydrogen (secondary N) is 2. The highest BCUT2D eigenvalue weighted by Gasteiger charge is 2.08. The Morgan fingerprint density at radius 1 is 1.08 bits per heavy atom. The Hall–Kier alpha value is -1.70. The van der Waals surface area contributed by atoms with E-state index in [4.69, 9.17) is 0 Å². The van der Waals surface area contributed by atoms with E-state index in [9.17, 15) is 8.78 Å². The monoisotopic (exact) mass is 445 g/mol. The first-order chi connectivity index (χ1) is 11.1. The number of benzene rings is 2. The van der Waals surface area contributed by atoms with E-state index < -0.39 is 11.6 Å². The molecule has 0 fully saturated rings. The van der Waals surface area contributed by atoms with Gasteiger partial charge in [0.1, 0.15) is 11.6 Å². The second kappa shape index (κ2) is 10.2. The lowest BCUT2D eigenvalue weighted by molar-refractivity contribution is 0.580. The minimum absolute atomic E-state index is 0. The maximum absolute atomic E-state index is 13.6. The number of nitrogens with zero attached hydrogens (tertiary/aromatic N) is 1. The number of hydrogen-bond donors (Lipinski definition) is 2. The van der Waals surface area contributed by atoms with Crippen molar-refractivity contribution in [2.24, 2.45) is 4.99 Å². The van der Waals surface area contributed by atoms with E-state index in [1.807, 2.05) is 18.2 Å². The number of halogens is 3. The molecule has 0 aromatic heterocycles. The molecular weight excluding hydrogens is 423 g/mol. The molecule has 130 valence electrons. The van der Waals surface area contributed by atoms with Crippen LogP contribution in [0, 0.1) is 11.6 Å². The van der Waals surface area contributed by atoms with E-state index >= 15 is 0 Å². The van der Waals surface area contributed by atoms with Crippen LogP contribution in [-0.2, 0) is 6.54 Å². The van der Waals surface area contributed by atoms with Crippen molar-refractivity contribution in [3.63, 3.8) is 0 Å². The molecule has 2 N–H and O–H groups in total. The third-order valence-corrected chi connectivity index (χ3v) is 3.62. The van der Waals surface area contributed by atoms with Gasteiger partial charge in [0.05, 0.1) is 0 Å². The smallest absolute Gasteiger partial charge is 0.191 e. The van der Waals surface area contributed by atoms with Crippen molar-refractivity contribution in [1.29, 1.82) is 0 Å². The van der Waals surface area contributed by atoms with Gasteiger partial charge in [-0.25, -0.2) is 8.78 Å². The van der Waals surface area contributed by atoms with Gasteiger partial charge in [-0.15, -0.1) is 24.0 Å². The van der Waals surface area contributed by atoms with E-state index in [1.54, 1.807) is 7.05 Å². The SMILES string of the molecule is CN=C(NCc1cc(F)ccc1F)NCC(C)c1ccccc1.I. The molecule has 3 nitrogen and oxygen atoms in total. The number of aliphatic imine (C=N–C) groups is 1. The van der Waals surface area contributed by atoms with E-state index in [0.29, 0.717) is 18.4 Å². The molecule has 0 aliphatic rings. The van der Waals surface area contributed by atoms with Crippen molar-refractivity contribution < 1.29 is 8.78 Å². The Kier molecular flexibility index (Phi) is 8.67. The van der Waals surface area contributed by atoms with Crippen molar-refractivity contribution in [2.45, 2.75) is 19.4 Å². The van der Waals surface area contributed by atoms with Gasteiger partial charge in [0.2, 0.25) is 0 Å². The van der Waals surface area contributed by atoms with Gasteiger partial charge in [0, 0.05) is 25.7 Å². The van der Waals surface area contributed by atoms with E-state index in [1.165, 1.54) is 11.6 Å². The fraction of sp³-hybridized carbons (Fsp3) is 0.278. The Balaban J connectivity index is 0.00000288. The van der Waals surface area contributed by atoms with Gasteiger partial charge in [-0.1, -0.05) is 37.3 Å². The predicted molar refractivity (Wildman–Crippen MR) is 105 cm³/mol. The second-order valence-electron chi connectivity index (χ2n) is 5.35. The Bertz CT molecular complexity index is 663. The average Bonchev–Trinajstić information content (AvgIpc) is 2.58. The summed E-state index contributed by atoms with van der Waals surface area (Å²) in [6.45, 7) is 2.97. The molecule has 0 amide bonds. The standard InChI is InChI=1S/C18H21F2N3.HI/c1-13(14-6-4-3-5-7-14)11-22-18(21-2)23-12-15-10-16(19)8-9-17(15)20;/h3-10,13H,11-12H2,1-2H3,(H2,21,22,23);1H. The maximum Gasteiger partial charge on any atom is 0.191 e. The molecule has 0 bridgehead atoms. The quantitative estimate of drug-likeness (QED) is 0.414. The number of guanidine groups is 1. The summed E-state index contributed by atoms with van der Waals surface area (Å²) in [5, 5.41) is 6.19. The van der Waals surface area contributed by atoms with Gasteiger partial charge in [-0.2, -0.15) is 0 Å². The Morgan fingerprint density at radius 3 is 2.46 bits per heavy atom. The topological polar surface area (TPSA) is 36.4 Å². The van der Waals surface area contributed by atoms with Gasteiger partial charge in [0.25, 0.3) is 0 Å². The molecule has 6 heteroatoms.